The van der Waals surface area contributed by atoms with Gasteiger partial charge in [-0.25, -0.2) is 27.2 Å². The van der Waals surface area contributed by atoms with Crippen LogP contribution in [0.3, 0.4) is 0 Å². The predicted octanol–water partition coefficient (Wildman–Crippen LogP) is 1.21. The average molecular weight is 479 g/mol. The van der Waals surface area contributed by atoms with Crippen molar-refractivity contribution in [3.8, 4) is 5.69 Å². The number of carbonyl (C=O) groups excluding carboxylic acids is 2. The lowest BCUT2D eigenvalue weighted by molar-refractivity contribution is -0.147. The number of hydrogen-bond acceptors (Lipinski definition) is 7. The molecule has 0 aliphatic carbocycles. The minimum Gasteiger partial charge on any atom is -0.456 e. The van der Waals surface area contributed by atoms with Crippen molar-refractivity contribution in [2.24, 2.45) is 7.05 Å². The number of ether oxygens (including phenoxy) is 1. The zero-order valence-corrected chi connectivity index (χ0v) is 19.0. The molecular weight excluding hydrogens is 455 g/mol. The largest absolute Gasteiger partial charge is 0.456 e. The number of rotatable bonds is 9. The number of imidazole rings is 1. The van der Waals surface area contributed by atoms with Crippen LogP contribution < -0.4 is 10.0 Å². The number of esters is 1. The van der Waals surface area contributed by atoms with Gasteiger partial charge in [-0.15, -0.1) is 0 Å². The fourth-order valence-corrected chi connectivity index (χ4v) is 3.85. The van der Waals surface area contributed by atoms with Crippen molar-refractivity contribution in [3.05, 3.63) is 53.9 Å². The van der Waals surface area contributed by atoms with E-state index in [1.807, 2.05) is 0 Å². The molecule has 0 saturated carbocycles. The van der Waals surface area contributed by atoms with Gasteiger partial charge in [0, 0.05) is 25.9 Å². The highest BCUT2D eigenvalue weighted by molar-refractivity contribution is 7.89. The molecule has 0 spiro atoms. The van der Waals surface area contributed by atoms with E-state index < -0.39 is 34.3 Å². The number of aromatic nitrogens is 4. The zero-order valence-electron chi connectivity index (χ0n) is 18.2. The van der Waals surface area contributed by atoms with E-state index in [2.05, 4.69) is 20.1 Å². The van der Waals surface area contributed by atoms with Crippen LogP contribution >= 0.6 is 0 Å². The van der Waals surface area contributed by atoms with Gasteiger partial charge in [0.25, 0.3) is 15.9 Å². The first-order chi connectivity index (χ1) is 15.5. The van der Waals surface area contributed by atoms with Gasteiger partial charge in [-0.2, -0.15) is 5.10 Å². The highest BCUT2D eigenvalue weighted by Crippen LogP contribution is 2.17. The molecule has 0 fully saturated rings. The average Bonchev–Trinajstić information content (AvgIpc) is 3.29. The summed E-state index contributed by atoms with van der Waals surface area (Å²) in [5.74, 6) is -0.933. The van der Waals surface area contributed by atoms with Gasteiger partial charge in [-0.05, 0) is 38.1 Å². The van der Waals surface area contributed by atoms with Crippen LogP contribution in [0.4, 0.5) is 10.2 Å². The highest BCUT2D eigenvalue weighted by atomic mass is 32.2. The summed E-state index contributed by atoms with van der Waals surface area (Å²) < 4.78 is 47.7. The van der Waals surface area contributed by atoms with Gasteiger partial charge in [0.2, 0.25) is 0 Å². The Kier molecular flexibility index (Phi) is 7.23. The molecule has 0 saturated heterocycles. The maximum Gasteiger partial charge on any atom is 0.307 e. The summed E-state index contributed by atoms with van der Waals surface area (Å²) in [4.78, 5) is 28.0. The first-order valence-electron chi connectivity index (χ1n) is 9.83. The summed E-state index contributed by atoms with van der Waals surface area (Å²) in [6.45, 7) is 2.60. The van der Waals surface area contributed by atoms with Crippen molar-refractivity contribution in [1.82, 2.24) is 24.1 Å². The molecule has 0 unspecified atom stereocenters. The van der Waals surface area contributed by atoms with E-state index in [-0.39, 0.29) is 18.0 Å². The number of aryl methyl sites for hydroxylation is 3. The molecule has 1 amide bonds. The maximum atomic E-state index is 13.2. The van der Waals surface area contributed by atoms with E-state index in [4.69, 9.17) is 4.74 Å². The zero-order chi connectivity index (χ0) is 24.2. The van der Waals surface area contributed by atoms with Crippen molar-refractivity contribution in [2.45, 2.75) is 25.3 Å². The highest BCUT2D eigenvalue weighted by Gasteiger charge is 2.19. The van der Waals surface area contributed by atoms with Gasteiger partial charge in [0.05, 0.1) is 17.8 Å². The van der Waals surface area contributed by atoms with E-state index in [0.717, 1.165) is 0 Å². The molecule has 0 atom stereocenters. The molecule has 176 valence electrons. The van der Waals surface area contributed by atoms with Crippen molar-refractivity contribution >= 4 is 27.7 Å². The molecule has 0 aliphatic heterocycles. The van der Waals surface area contributed by atoms with Crippen molar-refractivity contribution in [1.29, 1.82) is 0 Å². The summed E-state index contributed by atoms with van der Waals surface area (Å²) >= 11 is 0. The number of hydrogen-bond donors (Lipinski definition) is 2. The summed E-state index contributed by atoms with van der Waals surface area (Å²) in [6.07, 6.45) is 1.09. The first kappa shape index (κ1) is 24.1. The van der Waals surface area contributed by atoms with Gasteiger partial charge in [0.1, 0.15) is 17.5 Å². The summed E-state index contributed by atoms with van der Waals surface area (Å²) in [5, 5.41) is 6.68. The lowest BCUT2D eigenvalue weighted by Crippen LogP contribution is -2.28. The standard InChI is InChI=1S/C20H23FN6O5S/c1-13-10-17(27(25-13)16-6-4-15(21)5-7-16)24-18(28)12-32-20(29)8-9-22-33(30,31)19-11-26(3)14(2)23-19/h4-7,10-11,22H,8-9,12H2,1-3H3,(H,24,28). The van der Waals surface area contributed by atoms with E-state index in [0.29, 0.717) is 23.0 Å². The van der Waals surface area contributed by atoms with Gasteiger partial charge in [-0.3, -0.25) is 9.59 Å². The number of sulfonamides is 1. The molecule has 2 aromatic heterocycles. The molecule has 13 heteroatoms. The minimum atomic E-state index is -3.86. The second-order valence-electron chi connectivity index (χ2n) is 7.15. The van der Waals surface area contributed by atoms with Gasteiger partial charge in [-0.1, -0.05) is 0 Å². The molecule has 0 bridgehead atoms. The molecule has 2 N–H and O–H groups in total. The third-order valence-electron chi connectivity index (χ3n) is 4.52. The lowest BCUT2D eigenvalue weighted by atomic mass is 10.3. The van der Waals surface area contributed by atoms with Gasteiger partial charge in [0.15, 0.2) is 11.6 Å². The molecule has 11 nitrogen and oxygen atoms in total. The molecule has 3 aromatic rings. The molecule has 3 rings (SSSR count). The van der Waals surface area contributed by atoms with E-state index in [1.54, 1.807) is 31.5 Å². The topological polar surface area (TPSA) is 137 Å². The third kappa shape index (κ3) is 6.23. The van der Waals surface area contributed by atoms with Crippen LogP contribution in [-0.4, -0.2) is 52.8 Å². The molecule has 2 heterocycles. The molecule has 0 radical (unpaired) electrons. The Morgan fingerprint density at radius 3 is 2.52 bits per heavy atom. The predicted molar refractivity (Wildman–Crippen MR) is 116 cm³/mol. The minimum absolute atomic E-state index is 0.150. The molecule has 0 aliphatic rings. The first-order valence-corrected chi connectivity index (χ1v) is 11.3. The summed E-state index contributed by atoms with van der Waals surface area (Å²) in [7, 11) is -2.20. The van der Waals surface area contributed by atoms with Crippen LogP contribution in [0.2, 0.25) is 0 Å². The normalized spacial score (nSPS) is 11.4. The maximum absolute atomic E-state index is 13.2. The fraction of sp³-hybridized carbons (Fsp3) is 0.300. The number of nitrogens with zero attached hydrogens (tertiary/aromatic N) is 4. The van der Waals surface area contributed by atoms with Crippen LogP contribution in [0, 0.1) is 19.7 Å². The fourth-order valence-electron chi connectivity index (χ4n) is 2.78. The number of halogens is 1. The van der Waals surface area contributed by atoms with Crippen LogP contribution in [0.15, 0.2) is 41.6 Å². The number of carbonyl (C=O) groups is 2. The molecule has 33 heavy (non-hydrogen) atoms. The number of amides is 1. The summed E-state index contributed by atoms with van der Waals surface area (Å²) in [6, 6.07) is 7.15. The second-order valence-corrected chi connectivity index (χ2v) is 8.87. The van der Waals surface area contributed by atoms with Crippen molar-refractivity contribution in [3.63, 3.8) is 0 Å². The molecule has 1 aromatic carbocycles. The Morgan fingerprint density at radius 2 is 1.88 bits per heavy atom. The Bertz CT molecular complexity index is 1250. The van der Waals surface area contributed by atoms with E-state index in [1.165, 1.54) is 35.1 Å². The number of benzene rings is 1. The van der Waals surface area contributed by atoms with E-state index >= 15 is 0 Å². The Morgan fingerprint density at radius 1 is 1.18 bits per heavy atom. The van der Waals surface area contributed by atoms with Crippen LogP contribution in [-0.2, 0) is 31.4 Å². The Hall–Kier alpha value is -3.58. The van der Waals surface area contributed by atoms with Gasteiger partial charge < -0.3 is 14.6 Å². The third-order valence-corrected chi connectivity index (χ3v) is 5.85. The lowest BCUT2D eigenvalue weighted by Gasteiger charge is -2.09. The SMILES string of the molecule is Cc1cc(NC(=O)COC(=O)CCNS(=O)(=O)c2cn(C)c(C)n2)n(-c2ccc(F)cc2)n1. The smallest absolute Gasteiger partial charge is 0.307 e. The van der Waals surface area contributed by atoms with Crippen LogP contribution in [0.25, 0.3) is 5.69 Å². The Balaban J connectivity index is 1.48. The summed E-state index contributed by atoms with van der Waals surface area (Å²) in [5.41, 5.74) is 1.15. The van der Waals surface area contributed by atoms with Crippen molar-refractivity contribution in [2.75, 3.05) is 18.5 Å². The van der Waals surface area contributed by atoms with Gasteiger partial charge >= 0.3 is 5.97 Å². The number of nitrogens with one attached hydrogen (secondary N) is 2. The monoisotopic (exact) mass is 478 g/mol. The van der Waals surface area contributed by atoms with Crippen LogP contribution in [0.1, 0.15) is 17.9 Å². The Labute approximate surface area is 189 Å². The van der Waals surface area contributed by atoms with E-state index in [9.17, 15) is 22.4 Å². The number of anilines is 1. The van der Waals surface area contributed by atoms with Crippen molar-refractivity contribution < 1.29 is 27.1 Å². The van der Waals surface area contributed by atoms with Crippen LogP contribution in [0.5, 0.6) is 0 Å². The quantitative estimate of drug-likeness (QED) is 0.441. The molecular formula is C20H23FN6O5S. The second kappa shape index (κ2) is 9.92.